The molecule has 2 unspecified atom stereocenters. The molecular formula is C17H28N2O2. The van der Waals surface area contributed by atoms with Gasteiger partial charge >= 0.3 is 0 Å². The highest BCUT2D eigenvalue weighted by molar-refractivity contribution is 5.94. The van der Waals surface area contributed by atoms with Crippen molar-refractivity contribution < 1.29 is 9.90 Å². The van der Waals surface area contributed by atoms with Gasteiger partial charge in [0.25, 0.3) is 5.91 Å². The van der Waals surface area contributed by atoms with E-state index in [2.05, 4.69) is 17.1 Å². The summed E-state index contributed by atoms with van der Waals surface area (Å²) in [5.41, 5.74) is 0.816. The van der Waals surface area contributed by atoms with Crippen molar-refractivity contribution in [3.05, 3.63) is 29.8 Å². The molecule has 2 atom stereocenters. The molecule has 1 aromatic rings. The fraction of sp³-hybridized carbons (Fsp3) is 0.588. The third-order valence-corrected chi connectivity index (χ3v) is 4.33. The SMILES string of the molecule is CCC(C)C(C)(O)CNC(=O)c1ccc(N(C)CC)cc1. The fourth-order valence-electron chi connectivity index (χ4n) is 2.03. The second kappa shape index (κ2) is 7.46. The van der Waals surface area contributed by atoms with E-state index in [9.17, 15) is 9.90 Å². The zero-order chi connectivity index (χ0) is 16.0. The lowest BCUT2D eigenvalue weighted by Gasteiger charge is -2.29. The Kier molecular flexibility index (Phi) is 6.21. The van der Waals surface area contributed by atoms with Gasteiger partial charge in [0.15, 0.2) is 0 Å². The second-order valence-electron chi connectivity index (χ2n) is 5.91. The fourth-order valence-corrected chi connectivity index (χ4v) is 2.03. The standard InChI is InChI=1S/C17H28N2O2/c1-6-13(3)17(4,21)12-18-16(20)14-8-10-15(11-9-14)19(5)7-2/h8-11,13,21H,6-7,12H2,1-5H3,(H,18,20). The minimum atomic E-state index is -0.882. The molecule has 4 nitrogen and oxygen atoms in total. The van der Waals surface area contributed by atoms with Crippen LogP contribution in [0.2, 0.25) is 0 Å². The molecule has 1 rings (SSSR count). The van der Waals surface area contributed by atoms with Gasteiger partial charge in [-0.15, -0.1) is 0 Å². The first kappa shape index (κ1) is 17.5. The van der Waals surface area contributed by atoms with E-state index in [4.69, 9.17) is 0 Å². The average molecular weight is 292 g/mol. The molecule has 0 bridgehead atoms. The number of nitrogens with one attached hydrogen (secondary N) is 1. The lowest BCUT2D eigenvalue weighted by atomic mass is 9.88. The Balaban J connectivity index is 2.64. The molecule has 0 aromatic heterocycles. The topological polar surface area (TPSA) is 52.6 Å². The third-order valence-electron chi connectivity index (χ3n) is 4.33. The summed E-state index contributed by atoms with van der Waals surface area (Å²) in [7, 11) is 2.01. The van der Waals surface area contributed by atoms with E-state index in [1.54, 1.807) is 6.92 Å². The van der Waals surface area contributed by atoms with E-state index >= 15 is 0 Å². The number of anilines is 1. The van der Waals surface area contributed by atoms with E-state index in [1.807, 2.05) is 45.2 Å². The first-order valence-corrected chi connectivity index (χ1v) is 7.63. The molecule has 0 saturated heterocycles. The van der Waals surface area contributed by atoms with Crippen LogP contribution in [0.15, 0.2) is 24.3 Å². The van der Waals surface area contributed by atoms with Gasteiger partial charge in [0.05, 0.1) is 5.60 Å². The largest absolute Gasteiger partial charge is 0.388 e. The first-order valence-electron chi connectivity index (χ1n) is 7.63. The van der Waals surface area contributed by atoms with Gasteiger partial charge in [-0.25, -0.2) is 0 Å². The van der Waals surface area contributed by atoms with Crippen LogP contribution in [-0.2, 0) is 0 Å². The van der Waals surface area contributed by atoms with Crippen molar-refractivity contribution in [2.75, 3.05) is 25.0 Å². The molecule has 0 heterocycles. The zero-order valence-electron chi connectivity index (χ0n) is 13.8. The predicted octanol–water partition coefficient (Wildman–Crippen LogP) is 2.67. The van der Waals surface area contributed by atoms with Gasteiger partial charge in [-0.2, -0.15) is 0 Å². The number of hydrogen-bond acceptors (Lipinski definition) is 3. The van der Waals surface area contributed by atoms with E-state index in [1.165, 1.54) is 0 Å². The maximum atomic E-state index is 12.1. The summed E-state index contributed by atoms with van der Waals surface area (Å²) in [5.74, 6) is -0.0114. The molecule has 1 amide bonds. The summed E-state index contributed by atoms with van der Waals surface area (Å²) in [6.07, 6.45) is 0.876. The van der Waals surface area contributed by atoms with Crippen LogP contribution in [0.25, 0.3) is 0 Å². The van der Waals surface area contributed by atoms with Crippen LogP contribution < -0.4 is 10.2 Å². The summed E-state index contributed by atoms with van der Waals surface area (Å²) >= 11 is 0. The molecule has 1 aromatic carbocycles. The Bertz CT molecular complexity index is 454. The van der Waals surface area contributed by atoms with Gasteiger partial charge in [-0.05, 0) is 44.0 Å². The Labute approximate surface area is 128 Å². The van der Waals surface area contributed by atoms with E-state index < -0.39 is 5.60 Å². The van der Waals surface area contributed by atoms with Crippen molar-refractivity contribution >= 4 is 11.6 Å². The predicted molar refractivity (Wildman–Crippen MR) is 87.8 cm³/mol. The van der Waals surface area contributed by atoms with E-state index in [0.717, 1.165) is 18.7 Å². The van der Waals surface area contributed by atoms with Gasteiger partial charge < -0.3 is 15.3 Å². The number of rotatable bonds is 7. The van der Waals surface area contributed by atoms with E-state index in [0.29, 0.717) is 5.56 Å². The van der Waals surface area contributed by atoms with Gasteiger partial charge in [0.1, 0.15) is 0 Å². The van der Waals surface area contributed by atoms with Crippen molar-refractivity contribution in [1.82, 2.24) is 5.32 Å². The molecule has 2 N–H and O–H groups in total. The molecule has 118 valence electrons. The number of carbonyl (C=O) groups excluding carboxylic acids is 1. The molecule has 4 heteroatoms. The lowest BCUT2D eigenvalue weighted by molar-refractivity contribution is 0.00593. The molecule has 0 spiro atoms. The van der Waals surface area contributed by atoms with Crippen LogP contribution in [-0.4, -0.2) is 36.8 Å². The van der Waals surface area contributed by atoms with Crippen LogP contribution in [0.3, 0.4) is 0 Å². The van der Waals surface area contributed by atoms with Gasteiger partial charge in [0, 0.05) is 31.4 Å². The first-order chi connectivity index (χ1) is 9.81. The van der Waals surface area contributed by atoms with Crippen LogP contribution in [0, 0.1) is 5.92 Å². The Hall–Kier alpha value is -1.55. The number of amides is 1. The Morgan fingerprint density at radius 2 is 1.90 bits per heavy atom. The number of benzene rings is 1. The van der Waals surface area contributed by atoms with Gasteiger partial charge in [-0.1, -0.05) is 20.3 Å². The minimum absolute atomic E-state index is 0.137. The molecule has 0 radical (unpaired) electrons. The molecule has 0 aliphatic rings. The van der Waals surface area contributed by atoms with Crippen molar-refractivity contribution in [2.24, 2.45) is 5.92 Å². The second-order valence-corrected chi connectivity index (χ2v) is 5.91. The Morgan fingerprint density at radius 3 is 2.38 bits per heavy atom. The molecular weight excluding hydrogens is 264 g/mol. The quantitative estimate of drug-likeness (QED) is 0.812. The Morgan fingerprint density at radius 1 is 1.33 bits per heavy atom. The number of nitrogens with zero attached hydrogens (tertiary/aromatic N) is 1. The number of aliphatic hydroxyl groups is 1. The number of hydrogen-bond donors (Lipinski definition) is 2. The summed E-state index contributed by atoms with van der Waals surface area (Å²) in [6, 6.07) is 7.50. The maximum absolute atomic E-state index is 12.1. The van der Waals surface area contributed by atoms with Crippen LogP contribution >= 0.6 is 0 Å². The molecule has 0 saturated carbocycles. The summed E-state index contributed by atoms with van der Waals surface area (Å²) in [6.45, 7) is 9.05. The summed E-state index contributed by atoms with van der Waals surface area (Å²) in [5, 5.41) is 13.1. The zero-order valence-corrected chi connectivity index (χ0v) is 13.8. The smallest absolute Gasteiger partial charge is 0.251 e. The average Bonchev–Trinajstić information content (AvgIpc) is 2.51. The van der Waals surface area contributed by atoms with Crippen molar-refractivity contribution in [3.63, 3.8) is 0 Å². The van der Waals surface area contributed by atoms with Gasteiger partial charge in [-0.3, -0.25) is 4.79 Å². The highest BCUT2D eigenvalue weighted by atomic mass is 16.3. The molecule has 0 aliphatic heterocycles. The molecule has 0 aliphatic carbocycles. The molecule has 0 fully saturated rings. The van der Waals surface area contributed by atoms with Crippen LogP contribution in [0.4, 0.5) is 5.69 Å². The monoisotopic (exact) mass is 292 g/mol. The van der Waals surface area contributed by atoms with Crippen molar-refractivity contribution in [3.8, 4) is 0 Å². The van der Waals surface area contributed by atoms with Gasteiger partial charge in [0.2, 0.25) is 0 Å². The van der Waals surface area contributed by atoms with Crippen molar-refractivity contribution in [1.29, 1.82) is 0 Å². The molecule has 21 heavy (non-hydrogen) atoms. The van der Waals surface area contributed by atoms with Crippen molar-refractivity contribution in [2.45, 2.75) is 39.7 Å². The summed E-state index contributed by atoms with van der Waals surface area (Å²) in [4.78, 5) is 14.2. The minimum Gasteiger partial charge on any atom is -0.388 e. The summed E-state index contributed by atoms with van der Waals surface area (Å²) < 4.78 is 0. The van der Waals surface area contributed by atoms with Crippen LogP contribution in [0.1, 0.15) is 44.5 Å². The van der Waals surface area contributed by atoms with Crippen LogP contribution in [0.5, 0.6) is 0 Å². The normalized spacial score (nSPS) is 15.1. The highest BCUT2D eigenvalue weighted by Gasteiger charge is 2.27. The number of carbonyl (C=O) groups is 1. The maximum Gasteiger partial charge on any atom is 0.251 e. The van der Waals surface area contributed by atoms with E-state index in [-0.39, 0.29) is 18.4 Å². The third kappa shape index (κ3) is 4.74. The highest BCUT2D eigenvalue weighted by Crippen LogP contribution is 2.19. The lowest BCUT2D eigenvalue weighted by Crippen LogP contribution is -2.45.